The van der Waals surface area contributed by atoms with Crippen molar-refractivity contribution in [2.45, 2.75) is 6.92 Å². The van der Waals surface area contributed by atoms with Gasteiger partial charge in [-0.05, 0) is 42.8 Å². The fourth-order valence-corrected chi connectivity index (χ4v) is 3.00. The summed E-state index contributed by atoms with van der Waals surface area (Å²) in [7, 11) is 0. The number of aryl methyl sites for hydroxylation is 1. The number of aromatic nitrogens is 1. The first kappa shape index (κ1) is 17.8. The number of hydrogen-bond donors (Lipinski definition) is 3. The lowest BCUT2D eigenvalue weighted by molar-refractivity contribution is -0.114. The number of aromatic amines is 1. The molecule has 3 aromatic rings. The zero-order valence-corrected chi connectivity index (χ0v) is 14.8. The van der Waals surface area contributed by atoms with Crippen LogP contribution in [0.1, 0.15) is 5.56 Å². The first-order chi connectivity index (χ1) is 12.5. The largest absolute Gasteiger partial charge is 0.417 e. The molecule has 2 amide bonds. The highest BCUT2D eigenvalue weighted by Gasteiger charge is 2.08. The topological polar surface area (TPSA) is 104 Å². The number of H-pyrrole nitrogens is 1. The molecule has 0 spiro atoms. The van der Waals surface area contributed by atoms with E-state index in [4.69, 9.17) is 4.42 Å². The van der Waals surface area contributed by atoms with Crippen molar-refractivity contribution < 1.29 is 14.0 Å². The van der Waals surface area contributed by atoms with Crippen molar-refractivity contribution in [3.05, 3.63) is 58.6 Å². The van der Waals surface area contributed by atoms with Crippen molar-refractivity contribution in [1.82, 2.24) is 4.98 Å². The molecule has 8 heteroatoms. The van der Waals surface area contributed by atoms with E-state index in [1.807, 2.05) is 31.2 Å². The third kappa shape index (κ3) is 4.76. The number of nitrogens with one attached hydrogen (secondary N) is 3. The molecule has 3 N–H and O–H groups in total. The van der Waals surface area contributed by atoms with Crippen LogP contribution in [-0.2, 0) is 9.59 Å². The number of carbonyl (C=O) groups is 2. The van der Waals surface area contributed by atoms with Gasteiger partial charge in [0.15, 0.2) is 5.58 Å². The summed E-state index contributed by atoms with van der Waals surface area (Å²) in [5, 5.41) is 5.51. The standard InChI is InChI=1S/C18H17N3O4S/c1-11-3-2-4-12(7-11)19-16(22)9-26-10-17(23)20-13-5-6-15-14(8-13)21-18(24)25-15/h2-8H,9-10H2,1H3,(H,19,22)(H,20,23)(H,21,24). The second-order valence-corrected chi connectivity index (χ2v) is 6.67. The Balaban J connectivity index is 1.45. The maximum Gasteiger partial charge on any atom is 0.417 e. The molecule has 0 unspecified atom stereocenters. The first-order valence-electron chi connectivity index (χ1n) is 7.86. The van der Waals surface area contributed by atoms with Crippen molar-refractivity contribution in [3.8, 4) is 0 Å². The number of thioether (sulfide) groups is 1. The normalized spacial score (nSPS) is 10.7. The molecule has 0 aliphatic rings. The zero-order valence-electron chi connectivity index (χ0n) is 14.0. The van der Waals surface area contributed by atoms with Crippen LogP contribution in [0.15, 0.2) is 51.7 Å². The summed E-state index contributed by atoms with van der Waals surface area (Å²) in [5.74, 6) is -0.621. The summed E-state index contributed by atoms with van der Waals surface area (Å²) in [5.41, 5.74) is 3.28. The van der Waals surface area contributed by atoms with Gasteiger partial charge in [0.25, 0.3) is 0 Å². The van der Waals surface area contributed by atoms with Gasteiger partial charge < -0.3 is 15.1 Å². The molecule has 1 aromatic heterocycles. The summed E-state index contributed by atoms with van der Waals surface area (Å²) in [6.07, 6.45) is 0. The third-order valence-electron chi connectivity index (χ3n) is 3.47. The SMILES string of the molecule is Cc1cccc(NC(=O)CSCC(=O)Nc2ccc3oc(=O)[nH]c3c2)c1. The van der Waals surface area contributed by atoms with Crippen LogP contribution >= 0.6 is 11.8 Å². The van der Waals surface area contributed by atoms with Crippen LogP contribution in [0.2, 0.25) is 0 Å². The van der Waals surface area contributed by atoms with Crippen molar-refractivity contribution in [3.63, 3.8) is 0 Å². The van der Waals surface area contributed by atoms with Gasteiger partial charge in [-0.3, -0.25) is 14.6 Å². The quantitative estimate of drug-likeness (QED) is 0.618. The number of anilines is 2. The fourth-order valence-electron chi connectivity index (χ4n) is 2.38. The first-order valence-corrected chi connectivity index (χ1v) is 9.02. The van der Waals surface area contributed by atoms with E-state index in [2.05, 4.69) is 15.6 Å². The molecule has 0 saturated heterocycles. The van der Waals surface area contributed by atoms with Crippen LogP contribution in [0.5, 0.6) is 0 Å². The Morgan fingerprint density at radius 2 is 1.73 bits per heavy atom. The lowest BCUT2D eigenvalue weighted by Gasteiger charge is -2.07. The Bertz CT molecular complexity index is 1010. The van der Waals surface area contributed by atoms with Gasteiger partial charge in [0, 0.05) is 11.4 Å². The minimum absolute atomic E-state index is 0.140. The highest BCUT2D eigenvalue weighted by Crippen LogP contribution is 2.16. The Hall–Kier alpha value is -3.00. The predicted octanol–water partition coefficient (Wildman–Crippen LogP) is 2.74. The lowest BCUT2D eigenvalue weighted by Crippen LogP contribution is -2.18. The second-order valence-electron chi connectivity index (χ2n) is 5.68. The molecule has 7 nitrogen and oxygen atoms in total. The van der Waals surface area contributed by atoms with Gasteiger partial charge in [0.05, 0.1) is 17.0 Å². The smallest absolute Gasteiger partial charge is 0.408 e. The molecule has 134 valence electrons. The number of amides is 2. The minimum atomic E-state index is -0.543. The van der Waals surface area contributed by atoms with Crippen LogP contribution in [-0.4, -0.2) is 28.3 Å². The van der Waals surface area contributed by atoms with E-state index in [9.17, 15) is 14.4 Å². The van der Waals surface area contributed by atoms with E-state index < -0.39 is 5.76 Å². The number of benzene rings is 2. The summed E-state index contributed by atoms with van der Waals surface area (Å²) in [6, 6.07) is 12.4. The molecule has 0 fully saturated rings. The molecule has 0 radical (unpaired) electrons. The minimum Gasteiger partial charge on any atom is -0.408 e. The molecule has 0 atom stereocenters. The third-order valence-corrected chi connectivity index (χ3v) is 4.40. The van der Waals surface area contributed by atoms with Crippen LogP contribution in [0.3, 0.4) is 0 Å². The maximum absolute atomic E-state index is 12.0. The Labute approximate surface area is 153 Å². The highest BCUT2D eigenvalue weighted by atomic mass is 32.2. The molecule has 2 aromatic carbocycles. The second kappa shape index (κ2) is 7.92. The van der Waals surface area contributed by atoms with Crippen molar-refractivity contribution in [1.29, 1.82) is 0 Å². The number of rotatable bonds is 6. The van der Waals surface area contributed by atoms with Crippen molar-refractivity contribution in [2.75, 3.05) is 22.1 Å². The monoisotopic (exact) mass is 371 g/mol. The van der Waals surface area contributed by atoms with Crippen LogP contribution < -0.4 is 16.4 Å². The van der Waals surface area contributed by atoms with Crippen LogP contribution in [0.4, 0.5) is 11.4 Å². The van der Waals surface area contributed by atoms with Gasteiger partial charge in [-0.2, -0.15) is 0 Å². The summed E-state index contributed by atoms with van der Waals surface area (Å²) < 4.78 is 4.90. The van der Waals surface area contributed by atoms with Gasteiger partial charge in [-0.1, -0.05) is 12.1 Å². The number of carbonyl (C=O) groups excluding carboxylic acids is 2. The fraction of sp³-hybridized carbons (Fsp3) is 0.167. The number of oxazole rings is 1. The molecular weight excluding hydrogens is 354 g/mol. The zero-order chi connectivity index (χ0) is 18.5. The molecule has 1 heterocycles. The van der Waals surface area contributed by atoms with E-state index in [1.165, 1.54) is 11.8 Å². The van der Waals surface area contributed by atoms with Gasteiger partial charge in [-0.15, -0.1) is 11.8 Å². The van der Waals surface area contributed by atoms with E-state index in [0.29, 0.717) is 16.8 Å². The van der Waals surface area contributed by atoms with E-state index in [0.717, 1.165) is 11.3 Å². The van der Waals surface area contributed by atoms with Crippen molar-refractivity contribution >= 4 is 46.1 Å². The molecule has 3 rings (SSSR count). The van der Waals surface area contributed by atoms with E-state index in [-0.39, 0.29) is 23.3 Å². The number of fused-ring (bicyclic) bond motifs is 1. The summed E-state index contributed by atoms with van der Waals surface area (Å²) in [6.45, 7) is 1.95. The molecular formula is C18H17N3O4S. The van der Waals surface area contributed by atoms with E-state index in [1.54, 1.807) is 18.2 Å². The summed E-state index contributed by atoms with van der Waals surface area (Å²) in [4.78, 5) is 37.5. The van der Waals surface area contributed by atoms with Crippen LogP contribution in [0.25, 0.3) is 11.1 Å². The van der Waals surface area contributed by atoms with Crippen LogP contribution in [0, 0.1) is 6.92 Å². The molecule has 0 bridgehead atoms. The highest BCUT2D eigenvalue weighted by molar-refractivity contribution is 8.00. The molecule has 0 aliphatic carbocycles. The van der Waals surface area contributed by atoms with E-state index >= 15 is 0 Å². The Kier molecular flexibility index (Phi) is 5.43. The predicted molar refractivity (Wildman–Crippen MR) is 103 cm³/mol. The number of hydrogen-bond acceptors (Lipinski definition) is 5. The maximum atomic E-state index is 12.0. The van der Waals surface area contributed by atoms with Crippen molar-refractivity contribution in [2.24, 2.45) is 0 Å². The Morgan fingerprint density at radius 3 is 2.42 bits per heavy atom. The lowest BCUT2D eigenvalue weighted by atomic mass is 10.2. The Morgan fingerprint density at radius 1 is 1.04 bits per heavy atom. The summed E-state index contributed by atoms with van der Waals surface area (Å²) >= 11 is 1.22. The molecule has 0 saturated carbocycles. The average Bonchev–Trinajstić information content (AvgIpc) is 2.94. The molecule has 26 heavy (non-hydrogen) atoms. The van der Waals surface area contributed by atoms with Gasteiger partial charge in [-0.25, -0.2) is 4.79 Å². The van der Waals surface area contributed by atoms with Gasteiger partial charge in [0.1, 0.15) is 0 Å². The van der Waals surface area contributed by atoms with Gasteiger partial charge >= 0.3 is 5.76 Å². The average molecular weight is 371 g/mol. The molecule has 0 aliphatic heterocycles. The van der Waals surface area contributed by atoms with Gasteiger partial charge in [0.2, 0.25) is 11.8 Å².